The van der Waals surface area contributed by atoms with E-state index >= 15 is 0 Å². The molecular formula is C6H6ClN3O2. The highest BCUT2D eigenvalue weighted by Crippen LogP contribution is 2.12. The predicted octanol–water partition coefficient (Wildman–Crippen LogP) is 0.339. The molecule has 1 rings (SSSR count). The maximum atomic E-state index is 10.3. The van der Waals surface area contributed by atoms with Crippen LogP contribution in [0, 0.1) is 0 Å². The molecule has 0 amide bonds. The minimum atomic E-state index is -0.981. The number of carbonyl (C=O) groups is 1. The number of carboxylic acids is 1. The monoisotopic (exact) mass is 187 g/mol. The van der Waals surface area contributed by atoms with Gasteiger partial charge in [0.25, 0.3) is 0 Å². The van der Waals surface area contributed by atoms with Crippen molar-refractivity contribution in [3.8, 4) is 0 Å². The van der Waals surface area contributed by atoms with Crippen LogP contribution in [0.4, 0.5) is 5.95 Å². The van der Waals surface area contributed by atoms with E-state index in [9.17, 15) is 4.79 Å². The van der Waals surface area contributed by atoms with Crippen molar-refractivity contribution in [1.82, 2.24) is 9.97 Å². The minimum Gasteiger partial charge on any atom is -0.481 e. The zero-order valence-electron chi connectivity index (χ0n) is 5.99. The molecule has 0 radical (unpaired) electrons. The van der Waals surface area contributed by atoms with Crippen molar-refractivity contribution >= 4 is 23.5 Å². The van der Waals surface area contributed by atoms with E-state index in [2.05, 4.69) is 9.97 Å². The number of halogens is 1. The second-order valence-electron chi connectivity index (χ2n) is 2.11. The van der Waals surface area contributed by atoms with E-state index in [4.69, 9.17) is 22.4 Å². The molecule has 5 nitrogen and oxygen atoms in total. The predicted molar refractivity (Wildman–Crippen MR) is 42.8 cm³/mol. The van der Waals surface area contributed by atoms with Crippen molar-refractivity contribution < 1.29 is 9.90 Å². The van der Waals surface area contributed by atoms with Gasteiger partial charge in [0.2, 0.25) is 5.95 Å². The summed E-state index contributed by atoms with van der Waals surface area (Å²) >= 11 is 5.58. The third kappa shape index (κ3) is 2.06. The third-order valence-corrected chi connectivity index (χ3v) is 1.50. The van der Waals surface area contributed by atoms with E-state index in [0.717, 1.165) is 0 Å². The normalized spacial score (nSPS) is 9.75. The number of hydrogen-bond donors (Lipinski definition) is 2. The Kier molecular flexibility index (Phi) is 2.44. The van der Waals surface area contributed by atoms with Gasteiger partial charge in [0.15, 0.2) is 0 Å². The van der Waals surface area contributed by atoms with Crippen LogP contribution >= 0.6 is 11.6 Å². The first-order valence-electron chi connectivity index (χ1n) is 3.08. The van der Waals surface area contributed by atoms with Crippen LogP contribution in [0.25, 0.3) is 0 Å². The molecular weight excluding hydrogens is 182 g/mol. The fraction of sp³-hybridized carbons (Fsp3) is 0.167. The number of nitrogens with two attached hydrogens (primary N) is 1. The number of anilines is 1. The zero-order chi connectivity index (χ0) is 9.14. The van der Waals surface area contributed by atoms with Crippen molar-refractivity contribution in [3.63, 3.8) is 0 Å². The summed E-state index contributed by atoms with van der Waals surface area (Å²) in [5.74, 6) is -0.945. The summed E-state index contributed by atoms with van der Waals surface area (Å²) in [7, 11) is 0. The highest BCUT2D eigenvalue weighted by molar-refractivity contribution is 6.30. The molecule has 1 heterocycles. The van der Waals surface area contributed by atoms with Gasteiger partial charge < -0.3 is 10.8 Å². The van der Waals surface area contributed by atoms with Gasteiger partial charge in [-0.2, -0.15) is 0 Å². The van der Waals surface area contributed by atoms with Gasteiger partial charge in [-0.15, -0.1) is 0 Å². The van der Waals surface area contributed by atoms with E-state index < -0.39 is 5.97 Å². The second-order valence-corrected chi connectivity index (χ2v) is 2.47. The van der Waals surface area contributed by atoms with Crippen molar-refractivity contribution in [2.24, 2.45) is 0 Å². The molecule has 0 saturated heterocycles. The summed E-state index contributed by atoms with van der Waals surface area (Å²) < 4.78 is 0. The zero-order valence-corrected chi connectivity index (χ0v) is 6.75. The van der Waals surface area contributed by atoms with Crippen LogP contribution in [0.5, 0.6) is 0 Å². The van der Waals surface area contributed by atoms with Gasteiger partial charge in [-0.3, -0.25) is 4.79 Å². The average Bonchev–Trinajstić information content (AvgIpc) is 1.94. The van der Waals surface area contributed by atoms with E-state index in [0.29, 0.717) is 5.56 Å². The van der Waals surface area contributed by atoms with Crippen LogP contribution in [0.1, 0.15) is 5.56 Å². The Hall–Kier alpha value is -1.36. The fourth-order valence-electron chi connectivity index (χ4n) is 0.680. The van der Waals surface area contributed by atoms with E-state index in [1.54, 1.807) is 0 Å². The van der Waals surface area contributed by atoms with Crippen LogP contribution < -0.4 is 5.73 Å². The Labute approximate surface area is 73.2 Å². The second kappa shape index (κ2) is 3.36. The standard InChI is InChI=1S/C6H6ClN3O2/c7-5-3(1-4(11)12)2-9-6(8)10-5/h2H,1H2,(H,11,12)(H2,8,9,10). The maximum absolute atomic E-state index is 10.3. The smallest absolute Gasteiger partial charge is 0.307 e. The number of rotatable bonds is 2. The van der Waals surface area contributed by atoms with Crippen LogP contribution in [0.2, 0.25) is 5.15 Å². The molecule has 6 heteroatoms. The molecule has 0 unspecified atom stereocenters. The van der Waals surface area contributed by atoms with Crippen LogP contribution in [-0.4, -0.2) is 21.0 Å². The SMILES string of the molecule is Nc1ncc(CC(=O)O)c(Cl)n1. The Morgan fingerprint density at radius 2 is 2.42 bits per heavy atom. The van der Waals surface area contributed by atoms with Crippen LogP contribution in [-0.2, 0) is 11.2 Å². The van der Waals surface area contributed by atoms with Crippen LogP contribution in [0.15, 0.2) is 6.20 Å². The molecule has 64 valence electrons. The summed E-state index contributed by atoms with van der Waals surface area (Å²) in [6.07, 6.45) is 1.11. The lowest BCUT2D eigenvalue weighted by atomic mass is 10.2. The number of hydrogen-bond acceptors (Lipinski definition) is 4. The Bertz CT molecular complexity index is 316. The number of nitrogens with zero attached hydrogens (tertiary/aromatic N) is 2. The van der Waals surface area contributed by atoms with Gasteiger partial charge in [-0.05, 0) is 0 Å². The van der Waals surface area contributed by atoms with E-state index in [1.165, 1.54) is 6.20 Å². The molecule has 0 aliphatic rings. The summed E-state index contributed by atoms with van der Waals surface area (Å²) in [5.41, 5.74) is 5.56. The van der Waals surface area contributed by atoms with Crippen molar-refractivity contribution in [3.05, 3.63) is 16.9 Å². The number of aromatic nitrogens is 2. The molecule has 12 heavy (non-hydrogen) atoms. The first-order chi connectivity index (χ1) is 5.59. The van der Waals surface area contributed by atoms with Gasteiger partial charge in [-0.1, -0.05) is 11.6 Å². The Morgan fingerprint density at radius 3 is 2.92 bits per heavy atom. The highest BCUT2D eigenvalue weighted by Gasteiger charge is 2.06. The molecule has 0 saturated carbocycles. The average molecular weight is 188 g/mol. The molecule has 0 spiro atoms. The minimum absolute atomic E-state index is 0.0362. The number of nitrogen functional groups attached to an aromatic ring is 1. The molecule has 0 aliphatic carbocycles. The third-order valence-electron chi connectivity index (χ3n) is 1.17. The van der Waals surface area contributed by atoms with Gasteiger partial charge in [0, 0.05) is 11.8 Å². The number of carboxylic acid groups (broad SMARTS) is 1. The van der Waals surface area contributed by atoms with Gasteiger partial charge in [-0.25, -0.2) is 9.97 Å². The first-order valence-corrected chi connectivity index (χ1v) is 3.46. The largest absolute Gasteiger partial charge is 0.481 e. The lowest BCUT2D eigenvalue weighted by Crippen LogP contribution is -2.04. The quantitative estimate of drug-likeness (QED) is 0.652. The summed E-state index contributed by atoms with van der Waals surface area (Å²) in [6, 6.07) is 0. The van der Waals surface area contributed by atoms with E-state index in [-0.39, 0.29) is 17.5 Å². The highest BCUT2D eigenvalue weighted by atomic mass is 35.5. The van der Waals surface area contributed by atoms with Crippen molar-refractivity contribution in [2.45, 2.75) is 6.42 Å². The van der Waals surface area contributed by atoms with E-state index in [1.807, 2.05) is 0 Å². The van der Waals surface area contributed by atoms with Crippen molar-refractivity contribution in [1.29, 1.82) is 0 Å². The van der Waals surface area contributed by atoms with Gasteiger partial charge in [0.05, 0.1) is 6.42 Å². The summed E-state index contributed by atoms with van der Waals surface area (Å²) in [4.78, 5) is 17.5. The topological polar surface area (TPSA) is 89.1 Å². The molecule has 3 N–H and O–H groups in total. The molecule has 1 aromatic rings. The Morgan fingerprint density at radius 1 is 1.75 bits per heavy atom. The van der Waals surface area contributed by atoms with Crippen LogP contribution in [0.3, 0.4) is 0 Å². The van der Waals surface area contributed by atoms with Gasteiger partial charge >= 0.3 is 5.97 Å². The summed E-state index contributed by atoms with van der Waals surface area (Å²) in [5, 5.41) is 8.50. The fourth-order valence-corrected chi connectivity index (χ4v) is 0.882. The Balaban J connectivity index is 2.93. The molecule has 0 atom stereocenters. The summed E-state index contributed by atoms with van der Waals surface area (Å²) in [6.45, 7) is 0. The molecule has 1 aromatic heterocycles. The number of aliphatic carboxylic acids is 1. The lowest BCUT2D eigenvalue weighted by molar-refractivity contribution is -0.136. The first kappa shape index (κ1) is 8.73. The molecule has 0 bridgehead atoms. The maximum Gasteiger partial charge on any atom is 0.307 e. The van der Waals surface area contributed by atoms with Crippen molar-refractivity contribution in [2.75, 3.05) is 5.73 Å². The molecule has 0 aliphatic heterocycles. The van der Waals surface area contributed by atoms with Gasteiger partial charge in [0.1, 0.15) is 5.15 Å². The molecule has 0 aromatic carbocycles. The molecule has 0 fully saturated rings. The lowest BCUT2D eigenvalue weighted by Gasteiger charge is -1.98.